The number of methoxy groups -OCH3 is 1. The first-order valence-corrected chi connectivity index (χ1v) is 8.22. The Morgan fingerprint density at radius 2 is 1.71 bits per heavy atom. The summed E-state index contributed by atoms with van der Waals surface area (Å²) >= 11 is 3.39. The van der Waals surface area contributed by atoms with Gasteiger partial charge in [-0.05, 0) is 48.8 Å². The zero-order valence-electron chi connectivity index (χ0n) is 12.0. The number of benzene rings is 1. The molecule has 0 heterocycles. The zero-order chi connectivity index (χ0) is 15.0. The highest BCUT2D eigenvalue weighted by Crippen LogP contribution is 2.54. The number of ether oxygens (including phenoxy) is 1. The van der Waals surface area contributed by atoms with Crippen LogP contribution in [0.5, 0.6) is 0 Å². The van der Waals surface area contributed by atoms with Gasteiger partial charge >= 0.3 is 5.97 Å². The first-order valence-electron chi connectivity index (χ1n) is 7.43. The summed E-state index contributed by atoms with van der Waals surface area (Å²) in [6.45, 7) is 0. The average molecular weight is 351 g/mol. The molecule has 1 aromatic rings. The Hall–Kier alpha value is -1.16. The van der Waals surface area contributed by atoms with Gasteiger partial charge in [0.2, 0.25) is 0 Å². The summed E-state index contributed by atoms with van der Waals surface area (Å²) in [6, 6.07) is 7.80. The van der Waals surface area contributed by atoms with Crippen molar-refractivity contribution in [2.24, 2.45) is 23.7 Å². The van der Waals surface area contributed by atoms with E-state index >= 15 is 0 Å². The van der Waals surface area contributed by atoms with Gasteiger partial charge in [-0.3, -0.25) is 9.59 Å². The van der Waals surface area contributed by atoms with E-state index in [9.17, 15) is 9.59 Å². The number of esters is 1. The molecule has 4 atom stereocenters. The Kier molecular flexibility index (Phi) is 4.16. The molecule has 0 spiro atoms. The Morgan fingerprint density at radius 3 is 2.33 bits per heavy atom. The minimum atomic E-state index is -0.235. The monoisotopic (exact) mass is 350 g/mol. The number of rotatable bonds is 4. The molecule has 1 aromatic carbocycles. The molecule has 3 rings (SSSR count). The largest absolute Gasteiger partial charge is 0.469 e. The van der Waals surface area contributed by atoms with Crippen molar-refractivity contribution in [2.45, 2.75) is 25.7 Å². The summed E-state index contributed by atoms with van der Waals surface area (Å²) in [6.07, 6.45) is 3.27. The molecule has 2 aliphatic carbocycles. The molecule has 21 heavy (non-hydrogen) atoms. The van der Waals surface area contributed by atoms with E-state index in [1.807, 2.05) is 24.3 Å². The van der Waals surface area contributed by atoms with Crippen LogP contribution >= 0.6 is 15.9 Å². The molecule has 112 valence electrons. The molecule has 0 aromatic heterocycles. The van der Waals surface area contributed by atoms with E-state index in [2.05, 4.69) is 15.9 Å². The molecule has 2 saturated carbocycles. The van der Waals surface area contributed by atoms with Crippen molar-refractivity contribution < 1.29 is 14.3 Å². The fourth-order valence-corrected chi connectivity index (χ4v) is 3.84. The fraction of sp³-hybridized carbons (Fsp3) is 0.529. The van der Waals surface area contributed by atoms with Crippen LogP contribution in [0.2, 0.25) is 0 Å². The third-order valence-corrected chi connectivity index (χ3v) is 5.41. The molecule has 2 aliphatic rings. The van der Waals surface area contributed by atoms with Gasteiger partial charge in [-0.15, -0.1) is 0 Å². The van der Waals surface area contributed by atoms with Crippen LogP contribution in [-0.2, 0) is 20.7 Å². The molecule has 0 aliphatic heterocycles. The van der Waals surface area contributed by atoms with Crippen LogP contribution in [0.25, 0.3) is 0 Å². The van der Waals surface area contributed by atoms with Crippen molar-refractivity contribution in [3.63, 3.8) is 0 Å². The topological polar surface area (TPSA) is 43.4 Å². The second-order valence-corrected chi connectivity index (χ2v) is 7.15. The van der Waals surface area contributed by atoms with Crippen LogP contribution in [0.1, 0.15) is 24.8 Å². The normalized spacial score (nSPS) is 30.4. The molecule has 4 heteroatoms. The highest BCUT2D eigenvalue weighted by molar-refractivity contribution is 9.10. The number of hydrogen-bond acceptors (Lipinski definition) is 3. The van der Waals surface area contributed by atoms with Crippen molar-refractivity contribution in [1.29, 1.82) is 0 Å². The van der Waals surface area contributed by atoms with Crippen LogP contribution in [-0.4, -0.2) is 18.9 Å². The van der Waals surface area contributed by atoms with Gasteiger partial charge in [-0.25, -0.2) is 0 Å². The minimum Gasteiger partial charge on any atom is -0.469 e. The number of hydrogen-bond donors (Lipinski definition) is 0. The Morgan fingerprint density at radius 1 is 1.10 bits per heavy atom. The lowest BCUT2D eigenvalue weighted by Gasteiger charge is -2.28. The maximum atomic E-state index is 12.6. The number of Topliss-reactive ketones (excluding diaryl/α,β-unsaturated/α-hetero) is 1. The predicted octanol–water partition coefficient (Wildman–Crippen LogP) is 3.40. The standard InChI is InChI=1S/C17H19BrO3/c1-21-17(20)15-9-12-7-11(12)8-14(15)16(19)6-10-2-4-13(18)5-3-10/h2-5,11-12,14-15H,6-9H2,1H3/t11?,12?,14-,15-/m1/s1. The van der Waals surface area contributed by atoms with Gasteiger partial charge in [0.25, 0.3) is 0 Å². The number of ketones is 1. The van der Waals surface area contributed by atoms with Crippen molar-refractivity contribution in [3.05, 3.63) is 34.3 Å². The molecule has 0 bridgehead atoms. The van der Waals surface area contributed by atoms with Crippen LogP contribution in [0, 0.1) is 23.7 Å². The maximum absolute atomic E-state index is 12.6. The Bertz CT molecular complexity index is 552. The van der Waals surface area contributed by atoms with Crippen LogP contribution in [0.3, 0.4) is 0 Å². The van der Waals surface area contributed by atoms with E-state index in [4.69, 9.17) is 4.74 Å². The van der Waals surface area contributed by atoms with Crippen molar-refractivity contribution in [2.75, 3.05) is 7.11 Å². The quantitative estimate of drug-likeness (QED) is 0.781. The second kappa shape index (κ2) is 5.91. The molecule has 0 radical (unpaired) electrons. The van der Waals surface area contributed by atoms with E-state index < -0.39 is 0 Å². The molecule has 0 amide bonds. The van der Waals surface area contributed by atoms with Gasteiger partial charge < -0.3 is 4.74 Å². The molecular formula is C17H19BrO3. The Labute approximate surface area is 133 Å². The molecule has 2 unspecified atom stereocenters. The summed E-state index contributed by atoms with van der Waals surface area (Å²) in [7, 11) is 1.41. The van der Waals surface area contributed by atoms with Gasteiger partial charge in [0.15, 0.2) is 0 Å². The smallest absolute Gasteiger partial charge is 0.309 e. The predicted molar refractivity (Wildman–Crippen MR) is 82.7 cm³/mol. The van der Waals surface area contributed by atoms with Crippen LogP contribution in [0.4, 0.5) is 0 Å². The summed E-state index contributed by atoms with van der Waals surface area (Å²) in [5, 5.41) is 0. The van der Waals surface area contributed by atoms with Gasteiger partial charge in [-0.2, -0.15) is 0 Å². The van der Waals surface area contributed by atoms with Crippen molar-refractivity contribution >= 4 is 27.7 Å². The summed E-state index contributed by atoms with van der Waals surface area (Å²) in [5.41, 5.74) is 1.00. The van der Waals surface area contributed by atoms with Gasteiger partial charge in [0.05, 0.1) is 13.0 Å². The fourth-order valence-electron chi connectivity index (χ4n) is 3.57. The summed E-state index contributed by atoms with van der Waals surface area (Å²) < 4.78 is 5.91. The number of carbonyl (C=O) groups excluding carboxylic acids is 2. The van der Waals surface area contributed by atoms with Gasteiger partial charge in [0.1, 0.15) is 5.78 Å². The van der Waals surface area contributed by atoms with E-state index in [0.29, 0.717) is 18.3 Å². The molecule has 0 saturated heterocycles. The van der Waals surface area contributed by atoms with E-state index in [-0.39, 0.29) is 23.6 Å². The van der Waals surface area contributed by atoms with Gasteiger partial charge in [0, 0.05) is 16.8 Å². The number of carbonyl (C=O) groups is 2. The average Bonchev–Trinajstić information content (AvgIpc) is 3.25. The third-order valence-electron chi connectivity index (χ3n) is 4.88. The van der Waals surface area contributed by atoms with Gasteiger partial charge in [-0.1, -0.05) is 28.1 Å². The molecule has 0 N–H and O–H groups in total. The number of fused-ring (bicyclic) bond motifs is 1. The third kappa shape index (κ3) is 3.20. The minimum absolute atomic E-state index is 0.162. The summed E-state index contributed by atoms with van der Waals surface area (Å²) in [4.78, 5) is 24.6. The molecule has 3 nitrogen and oxygen atoms in total. The molecule has 2 fully saturated rings. The van der Waals surface area contributed by atoms with Crippen LogP contribution in [0.15, 0.2) is 28.7 Å². The van der Waals surface area contributed by atoms with Crippen molar-refractivity contribution in [1.82, 2.24) is 0 Å². The Balaban J connectivity index is 1.71. The zero-order valence-corrected chi connectivity index (χ0v) is 13.6. The lowest BCUT2D eigenvalue weighted by molar-refractivity contribution is -0.151. The highest BCUT2D eigenvalue weighted by atomic mass is 79.9. The lowest BCUT2D eigenvalue weighted by Crippen LogP contribution is -2.35. The first kappa shape index (κ1) is 14.8. The van der Waals surface area contributed by atoms with Crippen molar-refractivity contribution in [3.8, 4) is 0 Å². The maximum Gasteiger partial charge on any atom is 0.309 e. The number of halogens is 1. The summed E-state index contributed by atoms with van der Waals surface area (Å²) in [5.74, 6) is 0.870. The first-order chi connectivity index (χ1) is 10.1. The van der Waals surface area contributed by atoms with E-state index in [1.54, 1.807) is 0 Å². The molecular weight excluding hydrogens is 332 g/mol. The highest BCUT2D eigenvalue weighted by Gasteiger charge is 2.50. The van der Waals surface area contributed by atoms with E-state index in [1.165, 1.54) is 13.5 Å². The second-order valence-electron chi connectivity index (χ2n) is 6.23. The SMILES string of the molecule is COC(=O)[C@@H]1CC2CC2C[C@H]1C(=O)Cc1ccc(Br)cc1. The van der Waals surface area contributed by atoms with Crippen LogP contribution < -0.4 is 0 Å². The lowest BCUT2D eigenvalue weighted by atomic mass is 9.75. The van der Waals surface area contributed by atoms with E-state index in [0.717, 1.165) is 22.9 Å².